The standard InChI is InChI=1S/C17H21NO/c1-3-5-10-15(18)17-14-9-7-6-8-13(14)11-12-16(17)19-4-2/h3,6-9,11-12,15H,1,4-5,10,18H2,2H3/t15-/m1/s1. The topological polar surface area (TPSA) is 35.2 Å². The van der Waals surface area contributed by atoms with Gasteiger partial charge in [0.2, 0.25) is 0 Å². The molecule has 0 aromatic heterocycles. The fourth-order valence-corrected chi connectivity index (χ4v) is 2.38. The van der Waals surface area contributed by atoms with Crippen molar-refractivity contribution < 1.29 is 4.74 Å². The van der Waals surface area contributed by atoms with E-state index in [1.54, 1.807) is 0 Å². The van der Waals surface area contributed by atoms with Crippen LogP contribution >= 0.6 is 0 Å². The largest absolute Gasteiger partial charge is 0.494 e. The number of allylic oxidation sites excluding steroid dienone is 1. The maximum Gasteiger partial charge on any atom is 0.124 e. The van der Waals surface area contributed by atoms with Crippen molar-refractivity contribution in [1.82, 2.24) is 0 Å². The van der Waals surface area contributed by atoms with Crippen LogP contribution in [-0.2, 0) is 0 Å². The molecule has 0 aliphatic carbocycles. The van der Waals surface area contributed by atoms with E-state index in [0.717, 1.165) is 24.2 Å². The Morgan fingerprint density at radius 2 is 2.05 bits per heavy atom. The van der Waals surface area contributed by atoms with Crippen molar-refractivity contribution in [3.8, 4) is 5.75 Å². The third-order valence-electron chi connectivity index (χ3n) is 3.28. The van der Waals surface area contributed by atoms with Gasteiger partial charge in [0, 0.05) is 11.6 Å². The van der Waals surface area contributed by atoms with Crippen LogP contribution in [0, 0.1) is 0 Å². The minimum Gasteiger partial charge on any atom is -0.494 e. The first-order valence-electron chi connectivity index (χ1n) is 6.78. The Kier molecular flexibility index (Phi) is 4.58. The van der Waals surface area contributed by atoms with Gasteiger partial charge in [-0.2, -0.15) is 0 Å². The lowest BCUT2D eigenvalue weighted by molar-refractivity contribution is 0.334. The van der Waals surface area contributed by atoms with Crippen LogP contribution in [0.5, 0.6) is 5.75 Å². The molecule has 0 saturated carbocycles. The fraction of sp³-hybridized carbons (Fsp3) is 0.294. The van der Waals surface area contributed by atoms with Crippen molar-refractivity contribution in [3.63, 3.8) is 0 Å². The van der Waals surface area contributed by atoms with Gasteiger partial charge in [-0.25, -0.2) is 0 Å². The second kappa shape index (κ2) is 6.39. The number of ether oxygens (including phenoxy) is 1. The van der Waals surface area contributed by atoms with E-state index >= 15 is 0 Å². The Balaban J connectivity index is 2.51. The van der Waals surface area contributed by atoms with Gasteiger partial charge < -0.3 is 10.5 Å². The first-order valence-corrected chi connectivity index (χ1v) is 6.78. The number of hydrogen-bond donors (Lipinski definition) is 1. The predicted molar refractivity (Wildman–Crippen MR) is 81.5 cm³/mol. The molecule has 0 heterocycles. The highest BCUT2D eigenvalue weighted by Gasteiger charge is 2.15. The highest BCUT2D eigenvalue weighted by atomic mass is 16.5. The van der Waals surface area contributed by atoms with Crippen LogP contribution < -0.4 is 10.5 Å². The van der Waals surface area contributed by atoms with E-state index in [-0.39, 0.29) is 6.04 Å². The lowest BCUT2D eigenvalue weighted by Crippen LogP contribution is -2.12. The molecule has 2 nitrogen and oxygen atoms in total. The Hall–Kier alpha value is -1.80. The van der Waals surface area contributed by atoms with Gasteiger partial charge in [0.25, 0.3) is 0 Å². The molecule has 0 fully saturated rings. The van der Waals surface area contributed by atoms with Crippen LogP contribution in [0.15, 0.2) is 49.1 Å². The summed E-state index contributed by atoms with van der Waals surface area (Å²) in [5, 5.41) is 2.39. The quantitative estimate of drug-likeness (QED) is 0.785. The van der Waals surface area contributed by atoms with Crippen LogP contribution in [-0.4, -0.2) is 6.61 Å². The fourth-order valence-electron chi connectivity index (χ4n) is 2.38. The van der Waals surface area contributed by atoms with E-state index in [9.17, 15) is 0 Å². The Labute approximate surface area is 114 Å². The lowest BCUT2D eigenvalue weighted by Gasteiger charge is -2.18. The molecule has 1 atom stereocenters. The average Bonchev–Trinajstić information content (AvgIpc) is 2.45. The van der Waals surface area contributed by atoms with Crippen molar-refractivity contribution in [2.75, 3.05) is 6.61 Å². The third-order valence-corrected chi connectivity index (χ3v) is 3.28. The van der Waals surface area contributed by atoms with Gasteiger partial charge in [0.05, 0.1) is 6.61 Å². The summed E-state index contributed by atoms with van der Waals surface area (Å²) in [6.45, 7) is 6.41. The summed E-state index contributed by atoms with van der Waals surface area (Å²) in [7, 11) is 0. The maximum atomic E-state index is 6.35. The van der Waals surface area contributed by atoms with Gasteiger partial charge in [-0.15, -0.1) is 6.58 Å². The van der Waals surface area contributed by atoms with Crippen molar-refractivity contribution >= 4 is 10.8 Å². The van der Waals surface area contributed by atoms with E-state index in [1.165, 1.54) is 10.8 Å². The molecule has 0 amide bonds. The molecular weight excluding hydrogens is 234 g/mol. The Morgan fingerprint density at radius 3 is 2.79 bits per heavy atom. The molecule has 2 heteroatoms. The zero-order valence-electron chi connectivity index (χ0n) is 11.4. The Morgan fingerprint density at radius 1 is 1.26 bits per heavy atom. The zero-order valence-corrected chi connectivity index (χ0v) is 11.4. The molecule has 2 aromatic carbocycles. The van der Waals surface area contributed by atoms with Gasteiger partial charge in [-0.1, -0.05) is 36.4 Å². The van der Waals surface area contributed by atoms with Crippen LogP contribution in [0.25, 0.3) is 10.8 Å². The first-order chi connectivity index (χ1) is 9.27. The molecule has 0 unspecified atom stereocenters. The van der Waals surface area contributed by atoms with Crippen molar-refractivity contribution in [2.24, 2.45) is 5.73 Å². The van der Waals surface area contributed by atoms with E-state index in [2.05, 4.69) is 24.8 Å². The van der Waals surface area contributed by atoms with Crippen LogP contribution in [0.3, 0.4) is 0 Å². The molecule has 0 bridgehead atoms. The molecule has 2 aromatic rings. The molecule has 2 N–H and O–H groups in total. The van der Waals surface area contributed by atoms with Crippen molar-refractivity contribution in [3.05, 3.63) is 54.6 Å². The van der Waals surface area contributed by atoms with Crippen molar-refractivity contribution in [1.29, 1.82) is 0 Å². The second-order valence-corrected chi connectivity index (χ2v) is 4.60. The Bertz CT molecular complexity index is 562. The molecule has 0 spiro atoms. The van der Waals surface area contributed by atoms with E-state index in [4.69, 9.17) is 10.5 Å². The van der Waals surface area contributed by atoms with Gasteiger partial charge >= 0.3 is 0 Å². The molecule has 0 aliphatic rings. The van der Waals surface area contributed by atoms with E-state index in [1.807, 2.05) is 31.2 Å². The van der Waals surface area contributed by atoms with Gasteiger partial charge in [-0.3, -0.25) is 0 Å². The number of benzene rings is 2. The lowest BCUT2D eigenvalue weighted by atomic mass is 9.95. The first kappa shape index (κ1) is 13.6. The number of fused-ring (bicyclic) bond motifs is 1. The van der Waals surface area contributed by atoms with Gasteiger partial charge in [0.1, 0.15) is 5.75 Å². The summed E-state index contributed by atoms with van der Waals surface area (Å²) in [6.07, 6.45) is 3.71. The smallest absolute Gasteiger partial charge is 0.124 e. The minimum absolute atomic E-state index is 0.0225. The summed E-state index contributed by atoms with van der Waals surface area (Å²) in [4.78, 5) is 0. The highest BCUT2D eigenvalue weighted by Crippen LogP contribution is 2.34. The van der Waals surface area contributed by atoms with Gasteiger partial charge in [-0.05, 0) is 36.6 Å². The van der Waals surface area contributed by atoms with E-state index < -0.39 is 0 Å². The summed E-state index contributed by atoms with van der Waals surface area (Å²) in [5.74, 6) is 0.901. The maximum absolute atomic E-state index is 6.35. The molecule has 100 valence electrons. The molecule has 0 radical (unpaired) electrons. The summed E-state index contributed by atoms with van der Waals surface area (Å²) < 4.78 is 5.74. The summed E-state index contributed by atoms with van der Waals surface area (Å²) in [5.41, 5.74) is 7.46. The number of hydrogen-bond acceptors (Lipinski definition) is 2. The van der Waals surface area contributed by atoms with E-state index in [0.29, 0.717) is 6.61 Å². The van der Waals surface area contributed by atoms with Gasteiger partial charge in [0.15, 0.2) is 0 Å². The molecular formula is C17H21NO. The summed E-state index contributed by atoms with van der Waals surface area (Å²) in [6, 6.07) is 12.4. The predicted octanol–water partition coefficient (Wildman–Crippen LogP) is 4.20. The molecule has 0 saturated heterocycles. The summed E-state index contributed by atoms with van der Waals surface area (Å²) >= 11 is 0. The molecule has 2 rings (SSSR count). The van der Waals surface area contributed by atoms with Crippen LogP contribution in [0.2, 0.25) is 0 Å². The molecule has 19 heavy (non-hydrogen) atoms. The SMILES string of the molecule is C=CCC[C@@H](N)c1c(OCC)ccc2ccccc12. The zero-order chi connectivity index (χ0) is 13.7. The number of nitrogens with two attached hydrogens (primary N) is 1. The van der Waals surface area contributed by atoms with Crippen LogP contribution in [0.4, 0.5) is 0 Å². The third kappa shape index (κ3) is 2.96. The second-order valence-electron chi connectivity index (χ2n) is 4.60. The normalized spacial score (nSPS) is 12.3. The van der Waals surface area contributed by atoms with Crippen molar-refractivity contribution in [2.45, 2.75) is 25.8 Å². The monoisotopic (exact) mass is 255 g/mol. The van der Waals surface area contributed by atoms with Crippen LogP contribution in [0.1, 0.15) is 31.4 Å². The minimum atomic E-state index is -0.0225. The average molecular weight is 255 g/mol. The number of rotatable bonds is 6. The highest BCUT2D eigenvalue weighted by molar-refractivity contribution is 5.88. The molecule has 0 aliphatic heterocycles.